The van der Waals surface area contributed by atoms with Gasteiger partial charge in [0.2, 0.25) is 10.2 Å². The van der Waals surface area contributed by atoms with Gasteiger partial charge < -0.3 is 0 Å². The summed E-state index contributed by atoms with van der Waals surface area (Å²) in [5, 5.41) is -1.15. The van der Waals surface area contributed by atoms with Crippen LogP contribution in [0.1, 0.15) is 5.56 Å². The molecule has 0 aromatic heterocycles. The van der Waals surface area contributed by atoms with Crippen molar-refractivity contribution in [3.05, 3.63) is 41.5 Å². The monoisotopic (exact) mass is 224 g/mol. The van der Waals surface area contributed by atoms with E-state index in [2.05, 4.69) is 25.3 Å². The molecule has 0 saturated carbocycles. The Morgan fingerprint density at radius 3 is 1.93 bits per heavy atom. The Morgan fingerprint density at radius 2 is 1.50 bits per heavy atom. The summed E-state index contributed by atoms with van der Waals surface area (Å²) in [6.07, 6.45) is 1.46. The van der Waals surface area contributed by atoms with Crippen LogP contribution in [-0.4, -0.2) is 10.2 Å². The zero-order valence-corrected chi connectivity index (χ0v) is 8.96. The van der Waals surface area contributed by atoms with Crippen molar-refractivity contribution in [3.63, 3.8) is 0 Å². The Hall–Kier alpha value is -1.000. The Balaban J connectivity index is 3.06. The highest BCUT2D eigenvalue weighted by Gasteiger charge is 2.10. The lowest BCUT2D eigenvalue weighted by atomic mass is 10.1. The van der Waals surface area contributed by atoms with Crippen LogP contribution in [-0.2, 0) is 9.59 Å². The first-order valence-corrected chi connectivity index (χ1v) is 4.74. The van der Waals surface area contributed by atoms with Crippen LogP contribution in [0.15, 0.2) is 35.9 Å². The number of hydrogen-bond donors (Lipinski definition) is 2. The fraction of sp³-hybridized carbons (Fsp3) is 0. The van der Waals surface area contributed by atoms with E-state index in [-0.39, 0.29) is 5.57 Å². The lowest BCUT2D eigenvalue weighted by Gasteiger charge is -1.96. The fourth-order valence-corrected chi connectivity index (χ4v) is 1.35. The van der Waals surface area contributed by atoms with E-state index in [1.807, 2.05) is 18.2 Å². The van der Waals surface area contributed by atoms with E-state index in [1.54, 1.807) is 12.1 Å². The van der Waals surface area contributed by atoms with E-state index in [9.17, 15) is 9.59 Å². The van der Waals surface area contributed by atoms with Crippen LogP contribution >= 0.6 is 25.3 Å². The van der Waals surface area contributed by atoms with E-state index >= 15 is 0 Å². The molecule has 0 unspecified atom stereocenters. The number of carbonyl (C=O) groups excluding carboxylic acids is 2. The highest BCUT2D eigenvalue weighted by atomic mass is 32.1. The molecule has 0 heterocycles. The molecule has 0 aliphatic rings. The van der Waals surface area contributed by atoms with Gasteiger partial charge in [-0.15, -0.1) is 25.3 Å². The molecule has 0 fully saturated rings. The quantitative estimate of drug-likeness (QED) is 0.356. The van der Waals surface area contributed by atoms with Gasteiger partial charge in [-0.3, -0.25) is 9.59 Å². The second-order valence-corrected chi connectivity index (χ2v) is 3.39. The highest BCUT2D eigenvalue weighted by molar-refractivity contribution is 8.00. The minimum atomic E-state index is -0.575. The highest BCUT2D eigenvalue weighted by Crippen LogP contribution is 2.11. The third kappa shape index (κ3) is 3.05. The fourth-order valence-electron chi connectivity index (χ4n) is 0.931. The third-order valence-electron chi connectivity index (χ3n) is 1.57. The smallest absolute Gasteiger partial charge is 0.220 e. The molecule has 0 spiro atoms. The van der Waals surface area contributed by atoms with Gasteiger partial charge in [0.15, 0.2) is 0 Å². The molecule has 0 bridgehead atoms. The van der Waals surface area contributed by atoms with Crippen molar-refractivity contribution in [2.45, 2.75) is 0 Å². The SMILES string of the molecule is O=C(S)C(=Cc1ccccc1)C(=O)S. The molecule has 14 heavy (non-hydrogen) atoms. The molecule has 4 heteroatoms. The first kappa shape index (κ1) is 11.1. The van der Waals surface area contributed by atoms with Crippen LogP contribution in [0.25, 0.3) is 6.08 Å². The summed E-state index contributed by atoms with van der Waals surface area (Å²) in [6.45, 7) is 0. The van der Waals surface area contributed by atoms with Crippen LogP contribution in [0, 0.1) is 0 Å². The number of carbonyl (C=O) groups is 2. The largest absolute Gasteiger partial charge is 0.282 e. The summed E-state index contributed by atoms with van der Waals surface area (Å²) < 4.78 is 0. The normalized spacial score (nSPS) is 9.29. The second kappa shape index (κ2) is 5.02. The van der Waals surface area contributed by atoms with Gasteiger partial charge in [0.25, 0.3) is 0 Å². The maximum Gasteiger partial charge on any atom is 0.220 e. The van der Waals surface area contributed by atoms with Crippen LogP contribution in [0.5, 0.6) is 0 Å². The van der Waals surface area contributed by atoms with Crippen molar-refractivity contribution in [1.29, 1.82) is 0 Å². The average Bonchev–Trinajstić information content (AvgIpc) is 2.15. The van der Waals surface area contributed by atoms with Gasteiger partial charge in [-0.25, -0.2) is 0 Å². The summed E-state index contributed by atoms with van der Waals surface area (Å²) >= 11 is 7.17. The molecule has 0 amide bonds. The zero-order valence-electron chi connectivity index (χ0n) is 7.18. The Kier molecular flexibility index (Phi) is 3.98. The summed E-state index contributed by atoms with van der Waals surface area (Å²) in [6, 6.07) is 9.05. The number of thiol groups is 2. The Bertz CT molecular complexity index is 366. The number of rotatable bonds is 3. The summed E-state index contributed by atoms with van der Waals surface area (Å²) in [7, 11) is 0. The molecule has 0 aliphatic heterocycles. The average molecular weight is 224 g/mol. The molecule has 0 atom stereocenters. The Morgan fingerprint density at radius 1 is 1.00 bits per heavy atom. The summed E-state index contributed by atoms with van der Waals surface area (Å²) in [4.78, 5) is 21.8. The predicted octanol–water partition coefficient (Wildman–Crippen LogP) is 1.98. The van der Waals surface area contributed by atoms with E-state index in [0.717, 1.165) is 5.56 Å². The van der Waals surface area contributed by atoms with E-state index in [4.69, 9.17) is 0 Å². The summed E-state index contributed by atoms with van der Waals surface area (Å²) in [5.41, 5.74) is 0.746. The molecular weight excluding hydrogens is 216 g/mol. The van der Waals surface area contributed by atoms with Crippen molar-refractivity contribution >= 4 is 41.6 Å². The van der Waals surface area contributed by atoms with Crippen molar-refractivity contribution in [2.24, 2.45) is 0 Å². The molecule has 1 rings (SSSR count). The van der Waals surface area contributed by atoms with Crippen molar-refractivity contribution < 1.29 is 9.59 Å². The van der Waals surface area contributed by atoms with Crippen molar-refractivity contribution in [3.8, 4) is 0 Å². The molecule has 0 saturated heterocycles. The molecule has 1 aromatic carbocycles. The van der Waals surface area contributed by atoms with Gasteiger partial charge in [-0.1, -0.05) is 30.3 Å². The maximum atomic E-state index is 10.9. The van der Waals surface area contributed by atoms with Crippen molar-refractivity contribution in [1.82, 2.24) is 0 Å². The standard InChI is InChI=1S/C10H8O2S2/c11-9(13)8(10(12)14)6-7-4-2-1-3-5-7/h1-6H,(H,11,13)(H,12,14). The first-order valence-electron chi connectivity index (χ1n) is 3.84. The van der Waals surface area contributed by atoms with Crippen LogP contribution in [0.2, 0.25) is 0 Å². The minimum Gasteiger partial charge on any atom is -0.282 e. The van der Waals surface area contributed by atoms with Gasteiger partial charge >= 0.3 is 0 Å². The molecular formula is C10H8O2S2. The van der Waals surface area contributed by atoms with Crippen molar-refractivity contribution in [2.75, 3.05) is 0 Å². The maximum absolute atomic E-state index is 10.9. The van der Waals surface area contributed by atoms with Gasteiger partial charge in [-0.05, 0) is 11.6 Å². The predicted molar refractivity (Wildman–Crippen MR) is 62.4 cm³/mol. The second-order valence-electron chi connectivity index (χ2n) is 2.58. The molecule has 0 N–H and O–H groups in total. The van der Waals surface area contributed by atoms with E-state index < -0.39 is 10.2 Å². The number of benzene rings is 1. The number of hydrogen-bond acceptors (Lipinski definition) is 2. The molecule has 0 aliphatic carbocycles. The van der Waals surface area contributed by atoms with E-state index in [0.29, 0.717) is 0 Å². The topological polar surface area (TPSA) is 34.1 Å². The molecule has 0 radical (unpaired) electrons. The lowest BCUT2D eigenvalue weighted by molar-refractivity contribution is -0.112. The third-order valence-corrected chi connectivity index (χ3v) is 2.05. The zero-order chi connectivity index (χ0) is 10.6. The minimum absolute atomic E-state index is 0.0251. The molecule has 72 valence electrons. The van der Waals surface area contributed by atoms with Crippen LogP contribution in [0.3, 0.4) is 0 Å². The van der Waals surface area contributed by atoms with E-state index in [1.165, 1.54) is 6.08 Å². The van der Waals surface area contributed by atoms with Gasteiger partial charge in [0, 0.05) is 0 Å². The summed E-state index contributed by atoms with van der Waals surface area (Å²) in [5.74, 6) is 0. The van der Waals surface area contributed by atoms with Gasteiger partial charge in [-0.2, -0.15) is 0 Å². The molecule has 1 aromatic rings. The van der Waals surface area contributed by atoms with Gasteiger partial charge in [0.1, 0.15) is 0 Å². The Labute approximate surface area is 92.8 Å². The molecule has 2 nitrogen and oxygen atoms in total. The van der Waals surface area contributed by atoms with Crippen LogP contribution in [0.4, 0.5) is 0 Å². The van der Waals surface area contributed by atoms with Crippen LogP contribution < -0.4 is 0 Å². The lowest BCUT2D eigenvalue weighted by Crippen LogP contribution is -2.01. The first-order chi connectivity index (χ1) is 6.61. The van der Waals surface area contributed by atoms with Gasteiger partial charge in [0.05, 0.1) is 5.57 Å².